The lowest BCUT2D eigenvalue weighted by atomic mass is 10.3. The van der Waals surface area contributed by atoms with Crippen LogP contribution in [-0.4, -0.2) is 24.0 Å². The number of hydrogen-bond donors (Lipinski definition) is 2. The first-order valence-electron chi connectivity index (χ1n) is 2.72. The van der Waals surface area contributed by atoms with E-state index < -0.39 is 5.34 Å². The smallest absolute Gasteiger partial charge is 0.0762 e. The highest BCUT2D eigenvalue weighted by molar-refractivity contribution is 7.18. The highest BCUT2D eigenvalue weighted by atomic mass is 31.0. The van der Waals surface area contributed by atoms with Crippen molar-refractivity contribution in [1.29, 1.82) is 0 Å². The molecule has 0 saturated heterocycles. The molecule has 8 heavy (non-hydrogen) atoms. The molecule has 3 heteroatoms. The maximum atomic E-state index is 9.07. The Morgan fingerprint density at radius 3 is 2.38 bits per heavy atom. The van der Waals surface area contributed by atoms with Gasteiger partial charge in [0.15, 0.2) is 0 Å². The van der Waals surface area contributed by atoms with E-state index in [0.717, 1.165) is 13.0 Å². The number of aliphatic hydroxyl groups is 1. The first-order valence-corrected chi connectivity index (χ1v) is 3.30. The van der Waals surface area contributed by atoms with Crippen LogP contribution in [0.1, 0.15) is 13.3 Å². The Bertz CT molecular complexity index is 59.9. The molecule has 2 unspecified atom stereocenters. The van der Waals surface area contributed by atoms with Crippen molar-refractivity contribution in [2.75, 3.05) is 13.6 Å². The van der Waals surface area contributed by atoms with E-state index in [2.05, 4.69) is 14.6 Å². The van der Waals surface area contributed by atoms with Crippen molar-refractivity contribution < 1.29 is 5.11 Å². The molecule has 0 radical (unpaired) electrons. The average Bonchev–Trinajstić information content (AvgIpc) is 1.59. The first kappa shape index (κ1) is 8.35. The largest absolute Gasteiger partial charge is 0.386 e. The summed E-state index contributed by atoms with van der Waals surface area (Å²) in [5, 5.41) is 11.4. The second-order valence-electron chi connectivity index (χ2n) is 2.21. The minimum atomic E-state index is -0.594. The van der Waals surface area contributed by atoms with Crippen molar-refractivity contribution in [2.45, 2.75) is 18.7 Å². The molecule has 50 valence electrons. The van der Waals surface area contributed by atoms with Gasteiger partial charge in [0, 0.05) is 0 Å². The van der Waals surface area contributed by atoms with Gasteiger partial charge in [0.2, 0.25) is 0 Å². The topological polar surface area (TPSA) is 32.3 Å². The molecule has 0 aromatic rings. The van der Waals surface area contributed by atoms with Crippen molar-refractivity contribution in [2.24, 2.45) is 0 Å². The highest BCUT2D eigenvalue weighted by Gasteiger charge is 2.09. The van der Waals surface area contributed by atoms with E-state index in [1.807, 2.05) is 7.05 Å². The predicted molar refractivity (Wildman–Crippen MR) is 38.9 cm³/mol. The molecule has 2 atom stereocenters. The van der Waals surface area contributed by atoms with Gasteiger partial charge in [-0.2, -0.15) is 0 Å². The van der Waals surface area contributed by atoms with Crippen LogP contribution in [0.15, 0.2) is 0 Å². The van der Waals surface area contributed by atoms with Gasteiger partial charge in [-0.1, -0.05) is 0 Å². The highest BCUT2D eigenvalue weighted by Crippen LogP contribution is 2.15. The lowest BCUT2D eigenvalue weighted by molar-refractivity contribution is 0.147. The summed E-state index contributed by atoms with van der Waals surface area (Å²) in [7, 11) is 4.25. The standard InChI is InChI=1S/C5H14NOP/c1-5(7,8)3-4-6-2/h6-7H,3-4,8H2,1-2H3. The molecule has 0 heterocycles. The first-order chi connectivity index (χ1) is 3.56. The van der Waals surface area contributed by atoms with E-state index in [1.54, 1.807) is 6.92 Å². The van der Waals surface area contributed by atoms with Crippen LogP contribution < -0.4 is 5.32 Å². The van der Waals surface area contributed by atoms with E-state index in [4.69, 9.17) is 5.11 Å². The van der Waals surface area contributed by atoms with Crippen LogP contribution in [0.4, 0.5) is 0 Å². The monoisotopic (exact) mass is 135 g/mol. The molecule has 0 aromatic carbocycles. The van der Waals surface area contributed by atoms with Gasteiger partial charge in [0.1, 0.15) is 0 Å². The summed E-state index contributed by atoms with van der Waals surface area (Å²) in [5.74, 6) is 0. The van der Waals surface area contributed by atoms with Gasteiger partial charge in [-0.25, -0.2) is 0 Å². The van der Waals surface area contributed by atoms with Crippen molar-refractivity contribution in [1.82, 2.24) is 5.32 Å². The zero-order valence-electron chi connectivity index (χ0n) is 5.44. The Hall–Kier alpha value is 0.350. The normalized spacial score (nSPS) is 18.0. The third-order valence-electron chi connectivity index (χ3n) is 0.881. The summed E-state index contributed by atoms with van der Waals surface area (Å²) in [6.07, 6.45) is 0.772. The summed E-state index contributed by atoms with van der Waals surface area (Å²) >= 11 is 0. The van der Waals surface area contributed by atoms with Gasteiger partial charge in [-0.05, 0) is 26.9 Å². The van der Waals surface area contributed by atoms with Crippen LogP contribution in [0, 0.1) is 0 Å². The molecule has 0 aromatic heterocycles. The molecule has 2 N–H and O–H groups in total. The molecule has 0 spiro atoms. The van der Waals surface area contributed by atoms with Crippen LogP contribution in [0.5, 0.6) is 0 Å². The summed E-state index contributed by atoms with van der Waals surface area (Å²) in [5.41, 5.74) is 0. The second-order valence-corrected chi connectivity index (χ2v) is 3.45. The third-order valence-corrected chi connectivity index (χ3v) is 1.17. The summed E-state index contributed by atoms with van der Waals surface area (Å²) < 4.78 is 0. The van der Waals surface area contributed by atoms with Gasteiger partial charge in [0.25, 0.3) is 0 Å². The molecule has 0 aliphatic carbocycles. The van der Waals surface area contributed by atoms with Gasteiger partial charge in [0.05, 0.1) is 5.34 Å². The number of rotatable bonds is 3. The van der Waals surface area contributed by atoms with E-state index in [1.165, 1.54) is 0 Å². The SMILES string of the molecule is CNCCC(C)(O)P. The third kappa shape index (κ3) is 6.35. The van der Waals surface area contributed by atoms with Crippen LogP contribution in [-0.2, 0) is 0 Å². The van der Waals surface area contributed by atoms with E-state index in [0.29, 0.717) is 0 Å². The number of nitrogens with one attached hydrogen (secondary N) is 1. The molecule has 0 bridgehead atoms. The summed E-state index contributed by atoms with van der Waals surface area (Å²) in [4.78, 5) is 0. The van der Waals surface area contributed by atoms with Gasteiger partial charge in [-0.15, -0.1) is 9.24 Å². The van der Waals surface area contributed by atoms with Gasteiger partial charge in [-0.3, -0.25) is 0 Å². The molecule has 0 amide bonds. The molecule has 0 aliphatic rings. The fraction of sp³-hybridized carbons (Fsp3) is 1.00. The molecular weight excluding hydrogens is 121 g/mol. The van der Waals surface area contributed by atoms with Gasteiger partial charge >= 0.3 is 0 Å². The number of hydrogen-bond acceptors (Lipinski definition) is 2. The summed E-state index contributed by atoms with van der Waals surface area (Å²) in [6, 6.07) is 0. The Labute approximate surface area is 52.9 Å². The quantitative estimate of drug-likeness (QED) is 0.541. The van der Waals surface area contributed by atoms with Gasteiger partial charge < -0.3 is 10.4 Å². The minimum Gasteiger partial charge on any atom is -0.386 e. The molecule has 2 nitrogen and oxygen atoms in total. The van der Waals surface area contributed by atoms with E-state index in [-0.39, 0.29) is 0 Å². The molecular formula is C5H14NOP. The van der Waals surface area contributed by atoms with Crippen molar-refractivity contribution in [3.05, 3.63) is 0 Å². The zero-order chi connectivity index (χ0) is 6.62. The maximum Gasteiger partial charge on any atom is 0.0762 e. The fourth-order valence-electron chi connectivity index (χ4n) is 0.378. The summed E-state index contributed by atoms with van der Waals surface area (Å²) in [6.45, 7) is 2.63. The lowest BCUT2D eigenvalue weighted by Gasteiger charge is -2.15. The van der Waals surface area contributed by atoms with Crippen LogP contribution >= 0.6 is 9.24 Å². The lowest BCUT2D eigenvalue weighted by Crippen LogP contribution is -2.21. The Morgan fingerprint density at radius 2 is 2.25 bits per heavy atom. The Morgan fingerprint density at radius 1 is 1.75 bits per heavy atom. The van der Waals surface area contributed by atoms with E-state index in [9.17, 15) is 0 Å². The maximum absolute atomic E-state index is 9.07. The molecule has 0 fully saturated rings. The van der Waals surface area contributed by atoms with E-state index >= 15 is 0 Å². The predicted octanol–water partition coefficient (Wildman–Crippen LogP) is 0.179. The van der Waals surface area contributed by atoms with Crippen molar-refractivity contribution in [3.63, 3.8) is 0 Å². The van der Waals surface area contributed by atoms with Crippen LogP contribution in [0.3, 0.4) is 0 Å². The Balaban J connectivity index is 3.11. The molecule has 0 saturated carbocycles. The Kier molecular flexibility index (Phi) is 3.54. The zero-order valence-corrected chi connectivity index (χ0v) is 6.59. The fourth-order valence-corrected chi connectivity index (χ4v) is 0.522. The minimum absolute atomic E-state index is 0.594. The average molecular weight is 135 g/mol. The second kappa shape index (κ2) is 3.39. The van der Waals surface area contributed by atoms with Crippen molar-refractivity contribution in [3.8, 4) is 0 Å². The molecule has 0 rings (SSSR count). The van der Waals surface area contributed by atoms with Crippen molar-refractivity contribution >= 4 is 9.24 Å². The molecule has 0 aliphatic heterocycles. The van der Waals surface area contributed by atoms with Crippen LogP contribution in [0.25, 0.3) is 0 Å². The van der Waals surface area contributed by atoms with Crippen LogP contribution in [0.2, 0.25) is 0 Å².